The zero-order valence-corrected chi connectivity index (χ0v) is 8.28. The largest absolute Gasteiger partial charge is 0.369 e. The standard InChI is InChI=1S/C9H9F2NOS/c1-5(9(12)13)14-8-4-6(10)2-3-7(8)11/h2-5H,1H3,(H2,12,13)/t5-/m1/s1. The van der Waals surface area contributed by atoms with Gasteiger partial charge in [-0.3, -0.25) is 4.79 Å². The van der Waals surface area contributed by atoms with Crippen LogP contribution < -0.4 is 5.73 Å². The Bertz CT molecular complexity index is 357. The summed E-state index contributed by atoms with van der Waals surface area (Å²) in [6.45, 7) is 1.54. The molecule has 76 valence electrons. The van der Waals surface area contributed by atoms with Crippen LogP contribution in [0.15, 0.2) is 23.1 Å². The van der Waals surface area contributed by atoms with Crippen molar-refractivity contribution in [1.82, 2.24) is 0 Å². The van der Waals surface area contributed by atoms with E-state index in [1.807, 2.05) is 0 Å². The van der Waals surface area contributed by atoms with Gasteiger partial charge in [0.25, 0.3) is 0 Å². The van der Waals surface area contributed by atoms with Crippen LogP contribution in [0, 0.1) is 11.6 Å². The van der Waals surface area contributed by atoms with Gasteiger partial charge in [0.2, 0.25) is 5.91 Å². The molecule has 1 aromatic carbocycles. The van der Waals surface area contributed by atoms with Gasteiger partial charge in [0.15, 0.2) is 0 Å². The molecule has 1 aromatic rings. The molecule has 0 spiro atoms. The third kappa shape index (κ3) is 2.70. The Hall–Kier alpha value is -1.10. The summed E-state index contributed by atoms with van der Waals surface area (Å²) in [5, 5.41) is -0.578. The Labute approximate surface area is 84.5 Å². The molecule has 14 heavy (non-hydrogen) atoms. The van der Waals surface area contributed by atoms with Crippen molar-refractivity contribution < 1.29 is 13.6 Å². The number of carbonyl (C=O) groups excluding carboxylic acids is 1. The third-order valence-corrected chi connectivity index (χ3v) is 2.75. The monoisotopic (exact) mass is 217 g/mol. The summed E-state index contributed by atoms with van der Waals surface area (Å²) in [6.07, 6.45) is 0. The molecule has 0 aliphatic rings. The summed E-state index contributed by atoms with van der Waals surface area (Å²) in [5.74, 6) is -1.64. The highest BCUT2D eigenvalue weighted by Crippen LogP contribution is 2.26. The number of primary amides is 1. The van der Waals surface area contributed by atoms with Crippen molar-refractivity contribution in [3.05, 3.63) is 29.8 Å². The lowest BCUT2D eigenvalue weighted by Gasteiger charge is -2.07. The van der Waals surface area contributed by atoms with E-state index in [0.29, 0.717) is 0 Å². The van der Waals surface area contributed by atoms with Gasteiger partial charge in [-0.1, -0.05) is 0 Å². The maximum Gasteiger partial charge on any atom is 0.230 e. The second kappa shape index (κ2) is 4.41. The number of thioether (sulfide) groups is 1. The fraction of sp³-hybridized carbons (Fsp3) is 0.222. The predicted molar refractivity (Wildman–Crippen MR) is 50.9 cm³/mol. The first-order valence-electron chi connectivity index (χ1n) is 3.91. The van der Waals surface area contributed by atoms with Gasteiger partial charge in [0.1, 0.15) is 11.6 Å². The molecule has 5 heteroatoms. The molecule has 0 unspecified atom stereocenters. The Morgan fingerprint density at radius 2 is 2.14 bits per heavy atom. The van der Waals surface area contributed by atoms with Crippen LogP contribution in [0.3, 0.4) is 0 Å². The fourth-order valence-electron chi connectivity index (χ4n) is 0.816. The van der Waals surface area contributed by atoms with Gasteiger partial charge in [0, 0.05) is 4.90 Å². The van der Waals surface area contributed by atoms with Gasteiger partial charge < -0.3 is 5.73 Å². The number of amides is 1. The molecule has 0 aliphatic carbocycles. The number of benzene rings is 1. The van der Waals surface area contributed by atoms with Crippen LogP contribution in [0.2, 0.25) is 0 Å². The molecule has 1 amide bonds. The average Bonchev–Trinajstić information content (AvgIpc) is 2.11. The summed E-state index contributed by atoms with van der Waals surface area (Å²) >= 11 is 0.903. The van der Waals surface area contributed by atoms with Crippen LogP contribution in [-0.4, -0.2) is 11.2 Å². The number of nitrogens with two attached hydrogens (primary N) is 1. The zero-order valence-electron chi connectivity index (χ0n) is 7.46. The highest BCUT2D eigenvalue weighted by Gasteiger charge is 2.13. The minimum absolute atomic E-state index is 0.0938. The number of hydrogen-bond donors (Lipinski definition) is 1. The molecule has 0 fully saturated rings. The lowest BCUT2D eigenvalue weighted by molar-refractivity contribution is -0.117. The maximum atomic E-state index is 13.1. The van der Waals surface area contributed by atoms with Crippen molar-refractivity contribution in [2.45, 2.75) is 17.1 Å². The quantitative estimate of drug-likeness (QED) is 0.786. The van der Waals surface area contributed by atoms with Crippen LogP contribution >= 0.6 is 11.8 Å². The number of rotatable bonds is 3. The highest BCUT2D eigenvalue weighted by atomic mass is 32.2. The summed E-state index contributed by atoms with van der Waals surface area (Å²) in [6, 6.07) is 3.08. The van der Waals surface area contributed by atoms with Crippen LogP contribution in [-0.2, 0) is 4.79 Å². The van der Waals surface area contributed by atoms with Crippen molar-refractivity contribution >= 4 is 17.7 Å². The molecule has 0 saturated carbocycles. The van der Waals surface area contributed by atoms with Crippen LogP contribution in [0.25, 0.3) is 0 Å². The second-order valence-corrected chi connectivity index (χ2v) is 4.12. The molecule has 0 aliphatic heterocycles. The first-order chi connectivity index (χ1) is 6.50. The van der Waals surface area contributed by atoms with Crippen molar-refractivity contribution in [3.63, 3.8) is 0 Å². The highest BCUT2D eigenvalue weighted by molar-refractivity contribution is 8.00. The molecular weight excluding hydrogens is 208 g/mol. The van der Waals surface area contributed by atoms with E-state index in [2.05, 4.69) is 0 Å². The summed E-state index contributed by atoms with van der Waals surface area (Å²) in [4.78, 5) is 10.8. The lowest BCUT2D eigenvalue weighted by atomic mass is 10.3. The molecule has 0 aromatic heterocycles. The fourth-order valence-corrected chi connectivity index (χ4v) is 1.67. The normalized spacial score (nSPS) is 12.5. The van der Waals surface area contributed by atoms with Crippen molar-refractivity contribution in [2.24, 2.45) is 5.73 Å². The molecule has 0 bridgehead atoms. The van der Waals surface area contributed by atoms with Gasteiger partial charge >= 0.3 is 0 Å². The van der Waals surface area contributed by atoms with Gasteiger partial charge in [-0.25, -0.2) is 8.78 Å². The molecule has 2 N–H and O–H groups in total. The Morgan fingerprint density at radius 1 is 1.50 bits per heavy atom. The Kier molecular flexibility index (Phi) is 3.46. The van der Waals surface area contributed by atoms with Crippen LogP contribution in [0.4, 0.5) is 8.78 Å². The molecule has 2 nitrogen and oxygen atoms in total. The molecule has 1 rings (SSSR count). The van der Waals surface area contributed by atoms with E-state index >= 15 is 0 Å². The minimum Gasteiger partial charge on any atom is -0.369 e. The van der Waals surface area contributed by atoms with Crippen LogP contribution in [0.5, 0.6) is 0 Å². The molecular formula is C9H9F2NOS. The van der Waals surface area contributed by atoms with E-state index in [9.17, 15) is 13.6 Å². The molecule has 1 atom stereocenters. The molecule has 0 saturated heterocycles. The summed E-state index contributed by atoms with van der Waals surface area (Å²) < 4.78 is 25.8. The van der Waals surface area contributed by atoms with Crippen molar-refractivity contribution in [1.29, 1.82) is 0 Å². The minimum atomic E-state index is -0.578. The zero-order chi connectivity index (χ0) is 10.7. The van der Waals surface area contributed by atoms with Crippen molar-refractivity contribution in [3.8, 4) is 0 Å². The van der Waals surface area contributed by atoms with E-state index in [1.165, 1.54) is 6.92 Å². The van der Waals surface area contributed by atoms with E-state index < -0.39 is 22.8 Å². The topological polar surface area (TPSA) is 43.1 Å². The maximum absolute atomic E-state index is 13.1. The van der Waals surface area contributed by atoms with Gasteiger partial charge in [0.05, 0.1) is 5.25 Å². The molecule has 0 heterocycles. The third-order valence-electron chi connectivity index (χ3n) is 1.60. The van der Waals surface area contributed by atoms with Gasteiger partial charge in [-0.2, -0.15) is 0 Å². The Balaban J connectivity index is 2.85. The SMILES string of the molecule is C[C@@H](Sc1cc(F)ccc1F)C(N)=O. The number of hydrogen-bond acceptors (Lipinski definition) is 2. The summed E-state index contributed by atoms with van der Waals surface area (Å²) in [5.41, 5.74) is 5.00. The first-order valence-corrected chi connectivity index (χ1v) is 4.79. The van der Waals surface area contributed by atoms with E-state index in [4.69, 9.17) is 5.73 Å². The average molecular weight is 217 g/mol. The number of carbonyl (C=O) groups is 1. The van der Waals surface area contributed by atoms with Gasteiger partial charge in [-0.05, 0) is 25.1 Å². The summed E-state index contributed by atoms with van der Waals surface area (Å²) in [7, 11) is 0. The van der Waals surface area contributed by atoms with Gasteiger partial charge in [-0.15, -0.1) is 11.8 Å². The number of halogens is 2. The van der Waals surface area contributed by atoms with E-state index in [0.717, 1.165) is 30.0 Å². The smallest absolute Gasteiger partial charge is 0.230 e. The van der Waals surface area contributed by atoms with E-state index in [1.54, 1.807) is 0 Å². The molecule has 0 radical (unpaired) electrons. The van der Waals surface area contributed by atoms with Crippen molar-refractivity contribution in [2.75, 3.05) is 0 Å². The second-order valence-electron chi connectivity index (χ2n) is 2.74. The Morgan fingerprint density at radius 3 is 2.71 bits per heavy atom. The first kappa shape index (κ1) is 11.0. The van der Waals surface area contributed by atoms with E-state index in [-0.39, 0.29) is 4.90 Å². The van der Waals surface area contributed by atoms with Crippen LogP contribution in [0.1, 0.15) is 6.92 Å². The lowest BCUT2D eigenvalue weighted by Crippen LogP contribution is -2.22. The predicted octanol–water partition coefficient (Wildman–Crippen LogP) is 1.93.